The molecule has 0 aromatic heterocycles. The molecule has 1 aliphatic rings. The summed E-state index contributed by atoms with van der Waals surface area (Å²) in [4.78, 5) is 0. The topological polar surface area (TPSA) is 9.23 Å². The standard InChI is InChI=1S/C6H9O/c1-6-2-4-7-5-3-6/h2H,1,3-5H2. The van der Waals surface area contributed by atoms with Gasteiger partial charge in [0.25, 0.3) is 0 Å². The zero-order valence-electron chi connectivity index (χ0n) is 4.31. The molecule has 0 aromatic carbocycles. The Morgan fingerprint density at radius 3 is 2.86 bits per heavy atom. The van der Waals surface area contributed by atoms with E-state index in [9.17, 15) is 0 Å². The van der Waals surface area contributed by atoms with Gasteiger partial charge >= 0.3 is 0 Å². The van der Waals surface area contributed by atoms with Gasteiger partial charge in [0.2, 0.25) is 0 Å². The molecule has 0 saturated heterocycles. The molecule has 0 fully saturated rings. The average Bonchev–Trinajstić information content (AvgIpc) is 1.69. The van der Waals surface area contributed by atoms with Crippen molar-refractivity contribution in [2.24, 2.45) is 0 Å². The molecule has 0 amide bonds. The van der Waals surface area contributed by atoms with Crippen LogP contribution in [0.3, 0.4) is 0 Å². The molecule has 0 unspecified atom stereocenters. The SMILES string of the molecule is [CH2]C1=CCOCC1. The molecule has 0 N–H and O–H groups in total. The van der Waals surface area contributed by atoms with E-state index in [1.54, 1.807) is 0 Å². The Morgan fingerprint density at radius 2 is 2.57 bits per heavy atom. The van der Waals surface area contributed by atoms with Gasteiger partial charge in [0.15, 0.2) is 0 Å². The van der Waals surface area contributed by atoms with Gasteiger partial charge in [-0.25, -0.2) is 0 Å². The lowest BCUT2D eigenvalue weighted by atomic mass is 10.2. The van der Waals surface area contributed by atoms with E-state index in [0.717, 1.165) is 19.6 Å². The number of rotatable bonds is 0. The van der Waals surface area contributed by atoms with Crippen LogP contribution < -0.4 is 0 Å². The first-order valence-corrected chi connectivity index (χ1v) is 2.48. The second-order valence-corrected chi connectivity index (χ2v) is 1.69. The van der Waals surface area contributed by atoms with Crippen molar-refractivity contribution < 1.29 is 4.74 Å². The molecule has 1 rings (SSSR count). The summed E-state index contributed by atoms with van der Waals surface area (Å²) in [6.45, 7) is 5.40. The summed E-state index contributed by atoms with van der Waals surface area (Å²) in [5.74, 6) is 0. The van der Waals surface area contributed by atoms with E-state index >= 15 is 0 Å². The van der Waals surface area contributed by atoms with Gasteiger partial charge in [-0.1, -0.05) is 11.6 Å². The molecule has 39 valence electrons. The Balaban J connectivity index is 2.40. The van der Waals surface area contributed by atoms with Crippen LogP contribution in [-0.4, -0.2) is 13.2 Å². The molecule has 0 aromatic rings. The smallest absolute Gasteiger partial charge is 0.0650 e. The van der Waals surface area contributed by atoms with Crippen LogP contribution in [0.5, 0.6) is 0 Å². The van der Waals surface area contributed by atoms with Gasteiger partial charge in [0, 0.05) is 0 Å². The summed E-state index contributed by atoms with van der Waals surface area (Å²) < 4.78 is 5.02. The van der Waals surface area contributed by atoms with Gasteiger partial charge in [-0.15, -0.1) is 0 Å². The largest absolute Gasteiger partial charge is 0.377 e. The molecular weight excluding hydrogens is 88.1 g/mol. The third-order valence-corrected chi connectivity index (χ3v) is 1.06. The Labute approximate surface area is 44.0 Å². The predicted molar refractivity (Wildman–Crippen MR) is 28.9 cm³/mol. The van der Waals surface area contributed by atoms with Crippen LogP contribution in [-0.2, 0) is 4.74 Å². The van der Waals surface area contributed by atoms with Crippen molar-refractivity contribution in [3.05, 3.63) is 18.6 Å². The minimum Gasteiger partial charge on any atom is -0.377 e. The summed E-state index contributed by atoms with van der Waals surface area (Å²) in [6.07, 6.45) is 3.03. The molecule has 0 atom stereocenters. The summed E-state index contributed by atoms with van der Waals surface area (Å²) in [6, 6.07) is 0. The lowest BCUT2D eigenvalue weighted by molar-refractivity contribution is 0.155. The van der Waals surface area contributed by atoms with Crippen molar-refractivity contribution in [2.75, 3.05) is 13.2 Å². The monoisotopic (exact) mass is 97.1 g/mol. The van der Waals surface area contributed by atoms with Gasteiger partial charge in [-0.05, 0) is 13.3 Å². The van der Waals surface area contributed by atoms with Crippen LogP contribution in [0.1, 0.15) is 6.42 Å². The van der Waals surface area contributed by atoms with E-state index in [1.165, 1.54) is 5.57 Å². The third-order valence-electron chi connectivity index (χ3n) is 1.06. The van der Waals surface area contributed by atoms with Crippen LogP contribution >= 0.6 is 0 Å². The zero-order chi connectivity index (χ0) is 5.11. The summed E-state index contributed by atoms with van der Waals surface area (Å²) in [5.41, 5.74) is 1.21. The fourth-order valence-corrected chi connectivity index (χ4v) is 0.565. The van der Waals surface area contributed by atoms with Crippen molar-refractivity contribution >= 4 is 0 Å². The van der Waals surface area contributed by atoms with Gasteiger partial charge in [0.05, 0.1) is 13.2 Å². The molecule has 1 nitrogen and oxygen atoms in total. The zero-order valence-corrected chi connectivity index (χ0v) is 4.31. The van der Waals surface area contributed by atoms with Gasteiger partial charge in [0.1, 0.15) is 0 Å². The van der Waals surface area contributed by atoms with Gasteiger partial charge < -0.3 is 4.74 Å². The molecular formula is C6H9O. The van der Waals surface area contributed by atoms with Crippen LogP contribution in [0.25, 0.3) is 0 Å². The summed E-state index contributed by atoms with van der Waals surface area (Å²) >= 11 is 0. The molecule has 0 aliphatic carbocycles. The third kappa shape index (κ3) is 1.32. The highest BCUT2D eigenvalue weighted by molar-refractivity contribution is 5.06. The molecule has 1 heteroatoms. The normalized spacial score (nSPS) is 21.6. The van der Waals surface area contributed by atoms with E-state index in [4.69, 9.17) is 4.74 Å². The predicted octanol–water partition coefficient (Wildman–Crippen LogP) is 1.17. The first kappa shape index (κ1) is 4.85. The lowest BCUT2D eigenvalue weighted by Gasteiger charge is -2.07. The minimum absolute atomic E-state index is 0.763. The fraction of sp³-hybridized carbons (Fsp3) is 0.500. The average molecular weight is 97.1 g/mol. The van der Waals surface area contributed by atoms with Crippen LogP contribution in [0.2, 0.25) is 0 Å². The quantitative estimate of drug-likeness (QED) is 0.441. The highest BCUT2D eigenvalue weighted by atomic mass is 16.5. The van der Waals surface area contributed by atoms with E-state index in [2.05, 4.69) is 6.92 Å². The fourth-order valence-electron chi connectivity index (χ4n) is 0.565. The summed E-state index contributed by atoms with van der Waals surface area (Å²) in [7, 11) is 0. The number of hydrogen-bond acceptors (Lipinski definition) is 1. The van der Waals surface area contributed by atoms with Crippen molar-refractivity contribution in [1.82, 2.24) is 0 Å². The molecule has 7 heavy (non-hydrogen) atoms. The van der Waals surface area contributed by atoms with E-state index < -0.39 is 0 Å². The lowest BCUT2D eigenvalue weighted by Crippen LogP contribution is -2.01. The molecule has 0 spiro atoms. The Bertz CT molecular complexity index is 84.2. The van der Waals surface area contributed by atoms with Crippen molar-refractivity contribution in [1.29, 1.82) is 0 Å². The first-order valence-electron chi connectivity index (χ1n) is 2.48. The first-order chi connectivity index (χ1) is 3.39. The Hall–Kier alpha value is -0.300. The van der Waals surface area contributed by atoms with Crippen molar-refractivity contribution in [3.8, 4) is 0 Å². The van der Waals surface area contributed by atoms with Crippen LogP contribution in [0, 0.1) is 6.92 Å². The summed E-state index contributed by atoms with van der Waals surface area (Å²) in [5, 5.41) is 0. The number of ether oxygens (including phenoxy) is 1. The second-order valence-electron chi connectivity index (χ2n) is 1.69. The van der Waals surface area contributed by atoms with Crippen molar-refractivity contribution in [3.63, 3.8) is 0 Å². The molecule has 0 saturated carbocycles. The Kier molecular flexibility index (Phi) is 1.47. The van der Waals surface area contributed by atoms with Crippen LogP contribution in [0.4, 0.5) is 0 Å². The second kappa shape index (κ2) is 2.12. The van der Waals surface area contributed by atoms with Crippen molar-refractivity contribution in [2.45, 2.75) is 6.42 Å². The molecule has 0 bridgehead atoms. The van der Waals surface area contributed by atoms with Crippen LogP contribution in [0.15, 0.2) is 11.6 Å². The maximum atomic E-state index is 5.02. The molecule has 1 aliphatic heterocycles. The maximum absolute atomic E-state index is 5.02. The van der Waals surface area contributed by atoms with E-state index in [1.807, 2.05) is 6.08 Å². The number of hydrogen-bond donors (Lipinski definition) is 0. The van der Waals surface area contributed by atoms with Gasteiger partial charge in [-0.3, -0.25) is 0 Å². The van der Waals surface area contributed by atoms with Gasteiger partial charge in [-0.2, -0.15) is 0 Å². The highest BCUT2D eigenvalue weighted by Crippen LogP contribution is 2.03. The minimum atomic E-state index is 0.763. The van der Waals surface area contributed by atoms with E-state index in [0.29, 0.717) is 0 Å². The van der Waals surface area contributed by atoms with E-state index in [-0.39, 0.29) is 0 Å². The highest BCUT2D eigenvalue weighted by Gasteiger charge is 1.94. The molecule has 1 radical (unpaired) electrons. The molecule has 1 heterocycles. The Morgan fingerprint density at radius 1 is 1.71 bits per heavy atom. The maximum Gasteiger partial charge on any atom is 0.0650 e.